The predicted molar refractivity (Wildman–Crippen MR) is 142 cm³/mol. The van der Waals surface area contributed by atoms with Gasteiger partial charge in [0.2, 0.25) is 5.91 Å². The van der Waals surface area contributed by atoms with Crippen LogP contribution in [0.2, 0.25) is 0 Å². The highest BCUT2D eigenvalue weighted by Gasteiger charge is 2.21. The zero-order chi connectivity index (χ0) is 22.3. The number of amides is 1. The van der Waals surface area contributed by atoms with Gasteiger partial charge in [-0.2, -0.15) is 0 Å². The summed E-state index contributed by atoms with van der Waals surface area (Å²) in [5.74, 6) is 0.984. The molecule has 2 heterocycles. The minimum absolute atomic E-state index is 0. The van der Waals surface area contributed by atoms with Gasteiger partial charge in [0.25, 0.3) is 0 Å². The summed E-state index contributed by atoms with van der Waals surface area (Å²) in [5.41, 5.74) is 3.38. The standard InChI is InChI=1S/C25H32FN5O.HI/c1-2-27-25(30-16-14-29(15-17-30)23-11-9-22(26)10-12-23)28-18-20-5-7-21(8-6-20)19-31-13-3-4-24(31)32;/h5-12H,2-4,13-19H2,1H3,(H,27,28);1H. The molecule has 0 unspecified atom stereocenters. The Morgan fingerprint density at radius 2 is 1.64 bits per heavy atom. The maximum Gasteiger partial charge on any atom is 0.222 e. The molecule has 6 nitrogen and oxygen atoms in total. The summed E-state index contributed by atoms with van der Waals surface area (Å²) in [7, 11) is 0. The van der Waals surface area contributed by atoms with E-state index in [2.05, 4.69) is 46.3 Å². The number of hydrogen-bond donors (Lipinski definition) is 1. The van der Waals surface area contributed by atoms with E-state index in [0.29, 0.717) is 19.5 Å². The Labute approximate surface area is 212 Å². The van der Waals surface area contributed by atoms with Crippen LogP contribution >= 0.6 is 24.0 Å². The van der Waals surface area contributed by atoms with Crippen LogP contribution in [-0.4, -0.2) is 60.9 Å². The van der Waals surface area contributed by atoms with Crippen molar-refractivity contribution in [2.45, 2.75) is 32.9 Å². The van der Waals surface area contributed by atoms with Crippen LogP contribution in [0.25, 0.3) is 0 Å². The maximum absolute atomic E-state index is 13.2. The fourth-order valence-corrected chi connectivity index (χ4v) is 4.26. The van der Waals surface area contributed by atoms with E-state index < -0.39 is 0 Å². The summed E-state index contributed by atoms with van der Waals surface area (Å²) in [6, 6.07) is 15.1. The second kappa shape index (κ2) is 12.2. The van der Waals surface area contributed by atoms with Gasteiger partial charge in [0, 0.05) is 57.9 Å². The first-order valence-corrected chi connectivity index (χ1v) is 11.5. The Kier molecular flexibility index (Phi) is 9.34. The van der Waals surface area contributed by atoms with Gasteiger partial charge in [-0.05, 0) is 48.7 Å². The summed E-state index contributed by atoms with van der Waals surface area (Å²) in [6.07, 6.45) is 1.65. The van der Waals surface area contributed by atoms with Gasteiger partial charge in [-0.1, -0.05) is 24.3 Å². The molecule has 0 radical (unpaired) electrons. The first-order valence-electron chi connectivity index (χ1n) is 11.5. The molecular formula is C25H33FIN5O. The van der Waals surface area contributed by atoms with Gasteiger partial charge < -0.3 is 20.0 Å². The Morgan fingerprint density at radius 1 is 0.970 bits per heavy atom. The second-order valence-electron chi connectivity index (χ2n) is 8.36. The van der Waals surface area contributed by atoms with Crippen molar-refractivity contribution < 1.29 is 9.18 Å². The maximum atomic E-state index is 13.2. The third-order valence-corrected chi connectivity index (χ3v) is 6.09. The van der Waals surface area contributed by atoms with Crippen molar-refractivity contribution >= 4 is 41.5 Å². The largest absolute Gasteiger partial charge is 0.368 e. The van der Waals surface area contributed by atoms with E-state index in [1.807, 2.05) is 17.0 Å². The third-order valence-electron chi connectivity index (χ3n) is 6.09. The Morgan fingerprint density at radius 3 is 2.24 bits per heavy atom. The van der Waals surface area contributed by atoms with Crippen LogP contribution in [0.5, 0.6) is 0 Å². The van der Waals surface area contributed by atoms with Crippen LogP contribution in [0.4, 0.5) is 10.1 Å². The molecule has 178 valence electrons. The van der Waals surface area contributed by atoms with Crippen LogP contribution < -0.4 is 10.2 Å². The molecule has 0 aromatic heterocycles. The molecule has 4 rings (SSSR count). The molecule has 1 N–H and O–H groups in total. The van der Waals surface area contributed by atoms with Crippen LogP contribution in [0, 0.1) is 5.82 Å². The number of piperazine rings is 1. The molecule has 0 aliphatic carbocycles. The highest BCUT2D eigenvalue weighted by atomic mass is 127. The van der Waals surface area contributed by atoms with Crippen molar-refractivity contribution in [3.8, 4) is 0 Å². The highest BCUT2D eigenvalue weighted by Crippen LogP contribution is 2.18. The van der Waals surface area contributed by atoms with Crippen molar-refractivity contribution in [1.82, 2.24) is 15.1 Å². The number of aliphatic imine (C=N–C) groups is 1. The highest BCUT2D eigenvalue weighted by molar-refractivity contribution is 14.0. The summed E-state index contributed by atoms with van der Waals surface area (Å²) in [6.45, 7) is 8.56. The molecule has 0 bridgehead atoms. The Bertz CT molecular complexity index is 927. The van der Waals surface area contributed by atoms with Crippen molar-refractivity contribution in [2.75, 3.05) is 44.2 Å². The van der Waals surface area contributed by atoms with Gasteiger partial charge in [0.05, 0.1) is 6.54 Å². The van der Waals surface area contributed by atoms with E-state index in [9.17, 15) is 9.18 Å². The summed E-state index contributed by atoms with van der Waals surface area (Å²) >= 11 is 0. The molecule has 8 heteroatoms. The van der Waals surface area contributed by atoms with Crippen molar-refractivity contribution in [3.63, 3.8) is 0 Å². The molecule has 0 saturated carbocycles. The average Bonchev–Trinajstić information content (AvgIpc) is 3.22. The molecule has 2 aromatic rings. The lowest BCUT2D eigenvalue weighted by molar-refractivity contribution is -0.128. The number of carbonyl (C=O) groups excluding carboxylic acids is 1. The number of benzene rings is 2. The van der Waals surface area contributed by atoms with Gasteiger partial charge in [-0.15, -0.1) is 24.0 Å². The van der Waals surface area contributed by atoms with E-state index in [1.165, 1.54) is 12.1 Å². The minimum Gasteiger partial charge on any atom is -0.368 e. The number of likely N-dealkylation sites (tertiary alicyclic amines) is 1. The van der Waals surface area contributed by atoms with Gasteiger partial charge in [-0.3, -0.25) is 4.79 Å². The number of nitrogens with zero attached hydrogens (tertiary/aromatic N) is 4. The van der Waals surface area contributed by atoms with Crippen molar-refractivity contribution in [1.29, 1.82) is 0 Å². The quantitative estimate of drug-likeness (QED) is 0.329. The smallest absolute Gasteiger partial charge is 0.222 e. The number of nitrogens with one attached hydrogen (secondary N) is 1. The Balaban J connectivity index is 0.00000306. The first kappa shape index (κ1) is 25.3. The number of anilines is 1. The number of guanidine groups is 1. The molecule has 0 atom stereocenters. The number of hydrogen-bond acceptors (Lipinski definition) is 3. The summed E-state index contributed by atoms with van der Waals surface area (Å²) in [4.78, 5) is 23.2. The molecule has 33 heavy (non-hydrogen) atoms. The molecule has 2 aliphatic rings. The van der Waals surface area contributed by atoms with Crippen LogP contribution in [0.3, 0.4) is 0 Å². The van der Waals surface area contributed by atoms with Crippen molar-refractivity contribution in [3.05, 3.63) is 65.5 Å². The topological polar surface area (TPSA) is 51.2 Å². The van der Waals surface area contributed by atoms with E-state index in [0.717, 1.165) is 68.5 Å². The summed E-state index contributed by atoms with van der Waals surface area (Å²) in [5, 5.41) is 3.41. The SMILES string of the molecule is CCNC(=NCc1ccc(CN2CCCC2=O)cc1)N1CCN(c2ccc(F)cc2)CC1.I. The molecule has 0 spiro atoms. The molecule has 2 aliphatic heterocycles. The van der Waals surface area contributed by atoms with Gasteiger partial charge in [0.1, 0.15) is 5.82 Å². The number of halogens is 2. The minimum atomic E-state index is -0.202. The van der Waals surface area contributed by atoms with Gasteiger partial charge in [-0.25, -0.2) is 9.38 Å². The van der Waals surface area contributed by atoms with E-state index in [1.54, 1.807) is 0 Å². The fourth-order valence-electron chi connectivity index (χ4n) is 4.26. The monoisotopic (exact) mass is 565 g/mol. The molecule has 2 saturated heterocycles. The predicted octanol–water partition coefficient (Wildman–Crippen LogP) is 3.85. The van der Waals surface area contributed by atoms with E-state index in [-0.39, 0.29) is 35.7 Å². The van der Waals surface area contributed by atoms with Crippen molar-refractivity contribution in [2.24, 2.45) is 4.99 Å². The Hall–Kier alpha value is -2.36. The lowest BCUT2D eigenvalue weighted by Crippen LogP contribution is -2.52. The van der Waals surface area contributed by atoms with Crippen LogP contribution in [-0.2, 0) is 17.9 Å². The lowest BCUT2D eigenvalue weighted by atomic mass is 10.1. The average molecular weight is 565 g/mol. The second-order valence-corrected chi connectivity index (χ2v) is 8.36. The molecule has 2 aromatic carbocycles. The fraction of sp³-hybridized carbons (Fsp3) is 0.440. The van der Waals surface area contributed by atoms with Crippen LogP contribution in [0.15, 0.2) is 53.5 Å². The zero-order valence-corrected chi connectivity index (χ0v) is 21.5. The number of carbonyl (C=O) groups is 1. The molecule has 1 amide bonds. The lowest BCUT2D eigenvalue weighted by Gasteiger charge is -2.37. The van der Waals surface area contributed by atoms with E-state index >= 15 is 0 Å². The molecule has 2 fully saturated rings. The van der Waals surface area contributed by atoms with Gasteiger partial charge >= 0.3 is 0 Å². The normalized spacial score (nSPS) is 16.7. The number of rotatable bonds is 6. The summed E-state index contributed by atoms with van der Waals surface area (Å²) < 4.78 is 13.2. The zero-order valence-electron chi connectivity index (χ0n) is 19.2. The third kappa shape index (κ3) is 6.82. The first-order chi connectivity index (χ1) is 15.6. The van der Waals surface area contributed by atoms with Gasteiger partial charge in [0.15, 0.2) is 5.96 Å². The van der Waals surface area contributed by atoms with Crippen LogP contribution in [0.1, 0.15) is 30.9 Å². The molecular weight excluding hydrogens is 532 g/mol. The van der Waals surface area contributed by atoms with E-state index in [4.69, 9.17) is 4.99 Å².